The molecular weight excluding hydrogens is 260 g/mol. The standard InChI is InChI=1S/C18H28N2O/c19-13-18(9-1-3-15(11-18)14-5-6-14)20(16-7-8-16)12-17-4-2-10-21-17/h2,4,10,14-16H,1,3,5-9,11-13,19H2. The maximum atomic E-state index is 6.34. The number of nitrogens with two attached hydrogens (primary N) is 1. The molecule has 3 fully saturated rings. The molecule has 2 N–H and O–H groups in total. The van der Waals surface area contributed by atoms with Crippen LogP contribution in [0.5, 0.6) is 0 Å². The van der Waals surface area contributed by atoms with Crippen molar-refractivity contribution in [2.24, 2.45) is 17.6 Å². The van der Waals surface area contributed by atoms with Crippen LogP contribution in [0.3, 0.4) is 0 Å². The molecule has 1 heterocycles. The van der Waals surface area contributed by atoms with Crippen LogP contribution < -0.4 is 5.73 Å². The van der Waals surface area contributed by atoms with Crippen molar-refractivity contribution < 1.29 is 4.42 Å². The molecule has 116 valence electrons. The number of rotatable bonds is 6. The second-order valence-corrected chi connectivity index (χ2v) is 7.56. The summed E-state index contributed by atoms with van der Waals surface area (Å²) in [6.07, 6.45) is 12.8. The zero-order valence-electron chi connectivity index (χ0n) is 13.0. The van der Waals surface area contributed by atoms with Crippen LogP contribution >= 0.6 is 0 Å². The lowest BCUT2D eigenvalue weighted by Crippen LogP contribution is -2.57. The van der Waals surface area contributed by atoms with Gasteiger partial charge in [-0.2, -0.15) is 0 Å². The Kier molecular flexibility index (Phi) is 3.58. The number of hydrogen-bond acceptors (Lipinski definition) is 3. The molecule has 1 aromatic rings. The number of furan rings is 1. The summed E-state index contributed by atoms with van der Waals surface area (Å²) >= 11 is 0. The molecule has 0 spiro atoms. The van der Waals surface area contributed by atoms with Crippen LogP contribution in [0.25, 0.3) is 0 Å². The van der Waals surface area contributed by atoms with Gasteiger partial charge in [0.15, 0.2) is 0 Å². The summed E-state index contributed by atoms with van der Waals surface area (Å²) in [6, 6.07) is 4.86. The predicted molar refractivity (Wildman–Crippen MR) is 83.7 cm³/mol. The topological polar surface area (TPSA) is 42.4 Å². The van der Waals surface area contributed by atoms with E-state index in [9.17, 15) is 0 Å². The van der Waals surface area contributed by atoms with Crippen LogP contribution in [0.15, 0.2) is 22.8 Å². The molecule has 0 aliphatic heterocycles. The van der Waals surface area contributed by atoms with Crippen molar-refractivity contribution in [1.29, 1.82) is 0 Å². The van der Waals surface area contributed by atoms with Gasteiger partial charge in [-0.3, -0.25) is 4.90 Å². The van der Waals surface area contributed by atoms with E-state index in [4.69, 9.17) is 10.2 Å². The molecule has 3 saturated carbocycles. The molecule has 1 aromatic heterocycles. The SMILES string of the molecule is NCC1(N(Cc2ccco2)C2CC2)CCCC(C2CC2)C1. The maximum Gasteiger partial charge on any atom is 0.117 e. The van der Waals surface area contributed by atoms with Crippen molar-refractivity contribution in [2.45, 2.75) is 69.5 Å². The third-order valence-corrected chi connectivity index (χ3v) is 6.03. The summed E-state index contributed by atoms with van der Waals surface area (Å²) in [4.78, 5) is 2.72. The van der Waals surface area contributed by atoms with Crippen LogP contribution in [0, 0.1) is 11.8 Å². The van der Waals surface area contributed by atoms with E-state index in [2.05, 4.69) is 11.0 Å². The minimum atomic E-state index is 0.236. The van der Waals surface area contributed by atoms with Crippen LogP contribution in [0.2, 0.25) is 0 Å². The fraction of sp³-hybridized carbons (Fsp3) is 0.778. The maximum absolute atomic E-state index is 6.34. The summed E-state index contributed by atoms with van der Waals surface area (Å²) < 4.78 is 5.63. The van der Waals surface area contributed by atoms with E-state index in [1.165, 1.54) is 51.4 Å². The molecule has 21 heavy (non-hydrogen) atoms. The highest BCUT2D eigenvalue weighted by Gasteiger charge is 2.48. The second-order valence-electron chi connectivity index (χ2n) is 7.56. The molecule has 3 aliphatic carbocycles. The molecule has 0 amide bonds. The van der Waals surface area contributed by atoms with Crippen molar-refractivity contribution in [2.75, 3.05) is 6.54 Å². The van der Waals surface area contributed by atoms with Gasteiger partial charge in [-0.25, -0.2) is 0 Å². The summed E-state index contributed by atoms with van der Waals surface area (Å²) in [6.45, 7) is 1.76. The fourth-order valence-electron chi connectivity index (χ4n) is 4.56. The zero-order chi connectivity index (χ0) is 14.3. The minimum absolute atomic E-state index is 0.236. The highest BCUT2D eigenvalue weighted by Crippen LogP contribution is 2.50. The molecule has 3 aliphatic rings. The third-order valence-electron chi connectivity index (χ3n) is 6.03. The lowest BCUT2D eigenvalue weighted by atomic mass is 9.72. The van der Waals surface area contributed by atoms with Gasteiger partial charge in [-0.1, -0.05) is 12.8 Å². The molecule has 4 rings (SSSR count). The Morgan fingerprint density at radius 3 is 2.67 bits per heavy atom. The average Bonchev–Trinajstić information content (AvgIpc) is 3.44. The molecule has 0 bridgehead atoms. The first-order valence-electron chi connectivity index (χ1n) is 8.80. The Morgan fingerprint density at radius 1 is 1.19 bits per heavy atom. The van der Waals surface area contributed by atoms with E-state index in [1.54, 1.807) is 6.26 Å². The molecule has 2 unspecified atom stereocenters. The largest absolute Gasteiger partial charge is 0.468 e. The quantitative estimate of drug-likeness (QED) is 0.870. The van der Waals surface area contributed by atoms with Gasteiger partial charge in [0.25, 0.3) is 0 Å². The van der Waals surface area contributed by atoms with E-state index >= 15 is 0 Å². The van der Waals surface area contributed by atoms with Gasteiger partial charge in [0.1, 0.15) is 5.76 Å². The fourth-order valence-corrected chi connectivity index (χ4v) is 4.56. The number of hydrogen-bond donors (Lipinski definition) is 1. The molecule has 0 radical (unpaired) electrons. The minimum Gasteiger partial charge on any atom is -0.468 e. The first kappa shape index (κ1) is 13.8. The van der Waals surface area contributed by atoms with Gasteiger partial charge in [0.05, 0.1) is 12.8 Å². The lowest BCUT2D eigenvalue weighted by Gasteiger charge is -2.48. The Morgan fingerprint density at radius 2 is 2.05 bits per heavy atom. The lowest BCUT2D eigenvalue weighted by molar-refractivity contribution is 0.0129. The molecular formula is C18H28N2O. The van der Waals surface area contributed by atoms with E-state index < -0.39 is 0 Å². The van der Waals surface area contributed by atoms with E-state index in [-0.39, 0.29) is 5.54 Å². The van der Waals surface area contributed by atoms with Crippen LogP contribution in [0.1, 0.15) is 57.1 Å². The van der Waals surface area contributed by atoms with E-state index in [0.29, 0.717) is 0 Å². The molecule has 3 nitrogen and oxygen atoms in total. The normalized spacial score (nSPS) is 33.5. The monoisotopic (exact) mass is 288 g/mol. The highest BCUT2D eigenvalue weighted by atomic mass is 16.3. The van der Waals surface area contributed by atoms with Gasteiger partial charge in [0, 0.05) is 18.1 Å². The summed E-state index contributed by atoms with van der Waals surface area (Å²) in [5.41, 5.74) is 6.58. The smallest absolute Gasteiger partial charge is 0.117 e. The van der Waals surface area contributed by atoms with Crippen molar-refractivity contribution in [1.82, 2.24) is 4.90 Å². The van der Waals surface area contributed by atoms with E-state index in [0.717, 1.165) is 36.7 Å². The summed E-state index contributed by atoms with van der Waals surface area (Å²) in [5, 5.41) is 0. The van der Waals surface area contributed by atoms with Gasteiger partial charge < -0.3 is 10.2 Å². The number of nitrogens with zero attached hydrogens (tertiary/aromatic N) is 1. The summed E-state index contributed by atoms with van der Waals surface area (Å²) in [7, 11) is 0. The Balaban J connectivity index is 1.55. The van der Waals surface area contributed by atoms with Crippen molar-refractivity contribution in [3.05, 3.63) is 24.2 Å². The van der Waals surface area contributed by atoms with Crippen molar-refractivity contribution in [3.8, 4) is 0 Å². The van der Waals surface area contributed by atoms with E-state index in [1.807, 2.05) is 6.07 Å². The average molecular weight is 288 g/mol. The first-order valence-corrected chi connectivity index (χ1v) is 8.80. The van der Waals surface area contributed by atoms with Crippen LogP contribution in [0.4, 0.5) is 0 Å². The van der Waals surface area contributed by atoms with Crippen LogP contribution in [-0.2, 0) is 6.54 Å². The molecule has 0 aromatic carbocycles. The summed E-state index contributed by atoms with van der Waals surface area (Å²) in [5.74, 6) is 3.05. The van der Waals surface area contributed by atoms with Crippen molar-refractivity contribution >= 4 is 0 Å². The Bertz CT molecular complexity index is 464. The predicted octanol–water partition coefficient (Wildman–Crippen LogP) is 3.54. The van der Waals surface area contributed by atoms with Gasteiger partial charge >= 0.3 is 0 Å². The van der Waals surface area contributed by atoms with Crippen molar-refractivity contribution in [3.63, 3.8) is 0 Å². The highest BCUT2D eigenvalue weighted by molar-refractivity contribution is 5.07. The van der Waals surface area contributed by atoms with Gasteiger partial charge in [0.2, 0.25) is 0 Å². The third kappa shape index (κ3) is 2.78. The van der Waals surface area contributed by atoms with Gasteiger partial charge in [-0.05, 0) is 62.5 Å². The zero-order valence-corrected chi connectivity index (χ0v) is 13.0. The molecule has 3 heteroatoms. The van der Waals surface area contributed by atoms with Crippen LogP contribution in [-0.4, -0.2) is 23.0 Å². The van der Waals surface area contributed by atoms with Gasteiger partial charge in [-0.15, -0.1) is 0 Å². The molecule has 2 atom stereocenters. The Hall–Kier alpha value is -0.800. The second kappa shape index (κ2) is 5.44. The first-order chi connectivity index (χ1) is 10.3. The Labute approximate surface area is 127 Å². The molecule has 0 saturated heterocycles.